The minimum absolute atomic E-state index is 0.235. The Morgan fingerprint density at radius 2 is 1.76 bits per heavy atom. The molecule has 1 atom stereocenters. The van der Waals surface area contributed by atoms with E-state index < -0.39 is 11.7 Å². The molecule has 0 saturated heterocycles. The Hall–Kier alpha value is -2.11. The van der Waals surface area contributed by atoms with Crippen LogP contribution in [0.1, 0.15) is 35.5 Å². The number of anilines is 1. The van der Waals surface area contributed by atoms with Crippen molar-refractivity contribution in [1.29, 1.82) is 0 Å². The van der Waals surface area contributed by atoms with Gasteiger partial charge in [-0.15, -0.1) is 0 Å². The van der Waals surface area contributed by atoms with E-state index in [4.69, 9.17) is 0 Å². The molecule has 6 heteroatoms. The lowest BCUT2D eigenvalue weighted by Gasteiger charge is -2.19. The number of aromatic nitrogens is 2. The highest BCUT2D eigenvalue weighted by atomic mass is 19.4. The Kier molecular flexibility index (Phi) is 4.16. The van der Waals surface area contributed by atoms with Gasteiger partial charge in [0.05, 0.1) is 23.0 Å². The third-order valence-electron chi connectivity index (χ3n) is 3.27. The zero-order chi connectivity index (χ0) is 15.6. The lowest BCUT2D eigenvalue weighted by atomic mass is 10.1. The Bertz CT molecular complexity index is 638. The number of hydrogen-bond acceptors (Lipinski definition) is 3. The summed E-state index contributed by atoms with van der Waals surface area (Å²) >= 11 is 0. The highest BCUT2D eigenvalue weighted by Gasteiger charge is 2.31. The molecule has 112 valence electrons. The Morgan fingerprint density at radius 3 is 2.38 bits per heavy atom. The van der Waals surface area contributed by atoms with Crippen LogP contribution in [-0.4, -0.2) is 9.97 Å². The van der Waals surface area contributed by atoms with Crippen molar-refractivity contribution in [3.05, 3.63) is 53.1 Å². The average molecular weight is 295 g/mol. The minimum Gasteiger partial charge on any atom is -0.377 e. The van der Waals surface area contributed by atoms with Gasteiger partial charge in [0.2, 0.25) is 0 Å². The van der Waals surface area contributed by atoms with Crippen molar-refractivity contribution in [1.82, 2.24) is 9.97 Å². The lowest BCUT2D eigenvalue weighted by Crippen LogP contribution is -2.13. The summed E-state index contributed by atoms with van der Waals surface area (Å²) in [5, 5.41) is 3.08. The Balaban J connectivity index is 2.29. The molecule has 1 aromatic heterocycles. The standard InChI is InChI=1S/C15H16F3N3/c1-9-4-5-12(15(16,17)18)8-13(9)21-11(3)14-10(2)19-6-7-20-14/h4-8,11,21H,1-3H3. The van der Waals surface area contributed by atoms with Gasteiger partial charge in [-0.2, -0.15) is 13.2 Å². The minimum atomic E-state index is -4.35. The monoisotopic (exact) mass is 295 g/mol. The Labute approximate surface area is 121 Å². The zero-order valence-electron chi connectivity index (χ0n) is 12.0. The average Bonchev–Trinajstić information content (AvgIpc) is 2.40. The SMILES string of the molecule is Cc1ccc(C(F)(F)F)cc1NC(C)c1nccnc1C. The van der Waals surface area contributed by atoms with Crippen molar-refractivity contribution >= 4 is 5.69 Å². The molecular weight excluding hydrogens is 279 g/mol. The topological polar surface area (TPSA) is 37.8 Å². The van der Waals surface area contributed by atoms with Crippen LogP contribution in [0.2, 0.25) is 0 Å². The third-order valence-corrected chi connectivity index (χ3v) is 3.27. The molecule has 0 fully saturated rings. The summed E-state index contributed by atoms with van der Waals surface area (Å²) in [6.07, 6.45) is -1.20. The fourth-order valence-electron chi connectivity index (χ4n) is 2.10. The van der Waals surface area contributed by atoms with Crippen LogP contribution >= 0.6 is 0 Å². The van der Waals surface area contributed by atoms with Gasteiger partial charge in [0.1, 0.15) is 0 Å². The summed E-state index contributed by atoms with van der Waals surface area (Å²) < 4.78 is 38.3. The quantitative estimate of drug-likeness (QED) is 0.918. The predicted molar refractivity (Wildman–Crippen MR) is 75.0 cm³/mol. The van der Waals surface area contributed by atoms with Crippen LogP contribution in [0.15, 0.2) is 30.6 Å². The van der Waals surface area contributed by atoms with Gasteiger partial charge in [0.25, 0.3) is 0 Å². The molecule has 0 aliphatic carbocycles. The van der Waals surface area contributed by atoms with Gasteiger partial charge in [-0.25, -0.2) is 0 Å². The number of hydrogen-bond donors (Lipinski definition) is 1. The van der Waals surface area contributed by atoms with Gasteiger partial charge in [-0.05, 0) is 38.5 Å². The highest BCUT2D eigenvalue weighted by molar-refractivity contribution is 5.54. The maximum absolute atomic E-state index is 12.8. The number of halogens is 3. The molecule has 0 aliphatic heterocycles. The molecule has 0 radical (unpaired) electrons. The van der Waals surface area contributed by atoms with Crippen molar-refractivity contribution < 1.29 is 13.2 Å². The molecule has 0 bridgehead atoms. The molecular formula is C15H16F3N3. The molecule has 0 amide bonds. The molecule has 21 heavy (non-hydrogen) atoms. The fraction of sp³-hybridized carbons (Fsp3) is 0.333. The van der Waals surface area contributed by atoms with Crippen LogP contribution in [0.3, 0.4) is 0 Å². The number of alkyl halides is 3. The summed E-state index contributed by atoms with van der Waals surface area (Å²) in [7, 11) is 0. The van der Waals surface area contributed by atoms with E-state index in [-0.39, 0.29) is 6.04 Å². The number of rotatable bonds is 3. The van der Waals surface area contributed by atoms with E-state index in [2.05, 4.69) is 15.3 Å². The number of aryl methyl sites for hydroxylation is 2. The molecule has 1 aromatic carbocycles. The summed E-state index contributed by atoms with van der Waals surface area (Å²) in [4.78, 5) is 8.37. The number of nitrogens with one attached hydrogen (secondary N) is 1. The molecule has 3 nitrogen and oxygen atoms in total. The van der Waals surface area contributed by atoms with Crippen molar-refractivity contribution in [3.63, 3.8) is 0 Å². The molecule has 1 unspecified atom stereocenters. The molecule has 2 rings (SSSR count). The smallest absolute Gasteiger partial charge is 0.377 e. The first kappa shape index (κ1) is 15.3. The zero-order valence-corrected chi connectivity index (χ0v) is 12.0. The summed E-state index contributed by atoms with van der Waals surface area (Å²) in [6.45, 7) is 5.43. The third kappa shape index (κ3) is 3.51. The molecule has 1 heterocycles. The van der Waals surface area contributed by atoms with E-state index in [1.54, 1.807) is 19.3 Å². The molecule has 2 aromatic rings. The van der Waals surface area contributed by atoms with Crippen LogP contribution < -0.4 is 5.32 Å². The molecule has 0 spiro atoms. The van der Waals surface area contributed by atoms with Crippen molar-refractivity contribution in [3.8, 4) is 0 Å². The maximum atomic E-state index is 12.8. The van der Waals surface area contributed by atoms with Crippen LogP contribution in [0.5, 0.6) is 0 Å². The van der Waals surface area contributed by atoms with Crippen LogP contribution in [0.25, 0.3) is 0 Å². The van der Waals surface area contributed by atoms with E-state index in [9.17, 15) is 13.2 Å². The predicted octanol–water partition coefficient (Wildman–Crippen LogP) is 4.29. The van der Waals surface area contributed by atoms with Gasteiger partial charge in [0.15, 0.2) is 0 Å². The fourth-order valence-corrected chi connectivity index (χ4v) is 2.10. The summed E-state index contributed by atoms with van der Waals surface area (Å²) in [6, 6.07) is 3.43. The second-order valence-corrected chi connectivity index (χ2v) is 4.92. The van der Waals surface area contributed by atoms with Crippen LogP contribution in [-0.2, 0) is 6.18 Å². The van der Waals surface area contributed by atoms with Gasteiger partial charge in [-0.3, -0.25) is 9.97 Å². The van der Waals surface area contributed by atoms with E-state index in [0.29, 0.717) is 11.4 Å². The van der Waals surface area contributed by atoms with Gasteiger partial charge < -0.3 is 5.32 Å². The lowest BCUT2D eigenvalue weighted by molar-refractivity contribution is -0.137. The largest absolute Gasteiger partial charge is 0.416 e. The highest BCUT2D eigenvalue weighted by Crippen LogP contribution is 2.33. The molecule has 0 aliphatic rings. The first-order valence-corrected chi connectivity index (χ1v) is 6.51. The normalized spacial score (nSPS) is 13.0. The van der Waals surface area contributed by atoms with E-state index in [0.717, 1.165) is 23.4 Å². The molecule has 1 N–H and O–H groups in total. The summed E-state index contributed by atoms with van der Waals surface area (Å²) in [5.41, 5.74) is 1.99. The van der Waals surface area contributed by atoms with Gasteiger partial charge in [-0.1, -0.05) is 6.07 Å². The van der Waals surface area contributed by atoms with Crippen molar-refractivity contribution in [2.75, 3.05) is 5.32 Å². The first-order chi connectivity index (χ1) is 9.79. The second-order valence-electron chi connectivity index (χ2n) is 4.92. The Morgan fingerprint density at radius 1 is 1.10 bits per heavy atom. The van der Waals surface area contributed by atoms with Crippen LogP contribution in [0.4, 0.5) is 18.9 Å². The number of nitrogens with zero attached hydrogens (tertiary/aromatic N) is 2. The number of benzene rings is 1. The van der Waals surface area contributed by atoms with Crippen molar-refractivity contribution in [2.45, 2.75) is 33.0 Å². The van der Waals surface area contributed by atoms with Gasteiger partial charge >= 0.3 is 6.18 Å². The van der Waals surface area contributed by atoms with E-state index in [1.807, 2.05) is 13.8 Å². The van der Waals surface area contributed by atoms with Crippen molar-refractivity contribution in [2.24, 2.45) is 0 Å². The molecule has 0 saturated carbocycles. The first-order valence-electron chi connectivity index (χ1n) is 6.51. The van der Waals surface area contributed by atoms with E-state index in [1.165, 1.54) is 6.07 Å². The second kappa shape index (κ2) is 5.71. The van der Waals surface area contributed by atoms with Gasteiger partial charge in [0, 0.05) is 18.1 Å². The van der Waals surface area contributed by atoms with Crippen LogP contribution in [0, 0.1) is 13.8 Å². The maximum Gasteiger partial charge on any atom is 0.416 e. The van der Waals surface area contributed by atoms with E-state index >= 15 is 0 Å². The summed E-state index contributed by atoms with van der Waals surface area (Å²) in [5.74, 6) is 0.